The van der Waals surface area contributed by atoms with E-state index in [1.165, 1.54) is 16.9 Å². The average Bonchev–Trinajstić information content (AvgIpc) is 2.77. The van der Waals surface area contributed by atoms with Crippen LogP contribution < -0.4 is 4.74 Å². The molecular formula is C11H9ClF3N3O. The van der Waals surface area contributed by atoms with Gasteiger partial charge in [0.2, 0.25) is 5.88 Å². The molecule has 0 unspecified atom stereocenters. The first kappa shape index (κ1) is 13.7. The fourth-order valence-electron chi connectivity index (χ4n) is 1.51. The molecule has 0 fully saturated rings. The van der Waals surface area contributed by atoms with Gasteiger partial charge in [0.15, 0.2) is 0 Å². The Morgan fingerprint density at radius 3 is 2.74 bits per heavy atom. The first-order valence-electron chi connectivity index (χ1n) is 5.34. The molecule has 0 saturated carbocycles. The summed E-state index contributed by atoms with van der Waals surface area (Å²) in [6.07, 6.45) is -3.20. The minimum absolute atomic E-state index is 0.178. The van der Waals surface area contributed by atoms with Gasteiger partial charge in [0.05, 0.1) is 22.9 Å². The lowest BCUT2D eigenvalue weighted by Gasteiger charge is -2.12. The van der Waals surface area contributed by atoms with Gasteiger partial charge in [-0.15, -0.1) is 5.10 Å². The van der Waals surface area contributed by atoms with E-state index >= 15 is 0 Å². The number of aromatic nitrogens is 3. The summed E-state index contributed by atoms with van der Waals surface area (Å²) in [6.45, 7) is 2.10. The molecule has 0 N–H and O–H groups in total. The molecule has 0 bridgehead atoms. The van der Waals surface area contributed by atoms with Gasteiger partial charge in [-0.1, -0.05) is 16.8 Å². The van der Waals surface area contributed by atoms with Crippen molar-refractivity contribution in [2.45, 2.75) is 13.1 Å². The van der Waals surface area contributed by atoms with Crippen LogP contribution in [0, 0.1) is 0 Å². The SMILES string of the molecule is CCOc1cnnn1-c1ccc(Cl)c(C(F)(F)F)c1. The van der Waals surface area contributed by atoms with Crippen molar-refractivity contribution in [3.8, 4) is 11.6 Å². The van der Waals surface area contributed by atoms with Crippen LogP contribution in [0.3, 0.4) is 0 Å². The number of nitrogens with zero attached hydrogens (tertiary/aromatic N) is 3. The van der Waals surface area contributed by atoms with Crippen LogP contribution in [0.2, 0.25) is 5.02 Å². The van der Waals surface area contributed by atoms with Gasteiger partial charge in [-0.2, -0.15) is 17.9 Å². The largest absolute Gasteiger partial charge is 0.477 e. The maximum absolute atomic E-state index is 12.8. The van der Waals surface area contributed by atoms with Crippen molar-refractivity contribution in [3.05, 3.63) is 35.0 Å². The molecule has 1 heterocycles. The predicted molar refractivity (Wildman–Crippen MR) is 62.5 cm³/mol. The Kier molecular flexibility index (Phi) is 3.66. The number of alkyl halides is 3. The molecule has 0 spiro atoms. The van der Waals surface area contributed by atoms with Crippen LogP contribution in [0.25, 0.3) is 5.69 Å². The Morgan fingerprint density at radius 2 is 2.11 bits per heavy atom. The van der Waals surface area contributed by atoms with E-state index in [2.05, 4.69) is 10.3 Å². The van der Waals surface area contributed by atoms with Gasteiger partial charge in [-0.05, 0) is 25.1 Å². The lowest BCUT2D eigenvalue weighted by atomic mass is 10.2. The van der Waals surface area contributed by atoms with Crippen molar-refractivity contribution >= 4 is 11.6 Å². The molecule has 19 heavy (non-hydrogen) atoms. The van der Waals surface area contributed by atoms with E-state index in [1.54, 1.807) is 6.92 Å². The Morgan fingerprint density at radius 1 is 1.37 bits per heavy atom. The predicted octanol–water partition coefficient (Wildman–Crippen LogP) is 3.34. The summed E-state index contributed by atoms with van der Waals surface area (Å²) >= 11 is 5.55. The van der Waals surface area contributed by atoms with Gasteiger partial charge in [0.25, 0.3) is 0 Å². The van der Waals surface area contributed by atoms with Crippen LogP contribution in [-0.4, -0.2) is 21.6 Å². The first-order valence-corrected chi connectivity index (χ1v) is 5.72. The second-order valence-electron chi connectivity index (χ2n) is 3.58. The van der Waals surface area contributed by atoms with Crippen LogP contribution >= 0.6 is 11.6 Å². The summed E-state index contributed by atoms with van der Waals surface area (Å²) in [4.78, 5) is 0. The van der Waals surface area contributed by atoms with Crippen molar-refractivity contribution in [1.29, 1.82) is 0 Å². The molecule has 2 rings (SSSR count). The number of benzene rings is 1. The second kappa shape index (κ2) is 5.08. The summed E-state index contributed by atoms with van der Waals surface area (Å²) < 4.78 is 44.7. The maximum Gasteiger partial charge on any atom is 0.417 e. The molecule has 102 valence electrons. The minimum atomic E-state index is -4.53. The van der Waals surface area contributed by atoms with Gasteiger partial charge >= 0.3 is 6.18 Å². The maximum atomic E-state index is 12.8. The Balaban J connectivity index is 2.49. The summed E-state index contributed by atoms with van der Waals surface area (Å²) in [5, 5.41) is 6.93. The smallest absolute Gasteiger partial charge is 0.417 e. The lowest BCUT2D eigenvalue weighted by molar-refractivity contribution is -0.137. The highest BCUT2D eigenvalue weighted by molar-refractivity contribution is 6.31. The Hall–Kier alpha value is -1.76. The highest BCUT2D eigenvalue weighted by atomic mass is 35.5. The van der Waals surface area contributed by atoms with Gasteiger partial charge < -0.3 is 4.74 Å². The summed E-state index contributed by atoms with van der Waals surface area (Å²) in [6, 6.07) is 3.48. The quantitative estimate of drug-likeness (QED) is 0.871. The zero-order chi connectivity index (χ0) is 14.0. The van der Waals surface area contributed by atoms with E-state index in [4.69, 9.17) is 16.3 Å². The molecule has 0 aliphatic heterocycles. The molecule has 8 heteroatoms. The van der Waals surface area contributed by atoms with E-state index in [-0.39, 0.29) is 16.6 Å². The molecule has 1 aromatic carbocycles. The molecule has 2 aromatic rings. The topological polar surface area (TPSA) is 39.9 Å². The Labute approximate surface area is 111 Å². The van der Waals surface area contributed by atoms with Gasteiger partial charge in [-0.25, -0.2) is 0 Å². The molecule has 4 nitrogen and oxygen atoms in total. The van der Waals surface area contributed by atoms with E-state index < -0.39 is 11.7 Å². The zero-order valence-electron chi connectivity index (χ0n) is 9.78. The molecule has 1 aromatic heterocycles. The first-order chi connectivity index (χ1) is 8.93. The van der Waals surface area contributed by atoms with Crippen molar-refractivity contribution in [1.82, 2.24) is 15.0 Å². The highest BCUT2D eigenvalue weighted by Crippen LogP contribution is 2.36. The van der Waals surface area contributed by atoms with Crippen molar-refractivity contribution in [2.24, 2.45) is 0 Å². The van der Waals surface area contributed by atoms with Gasteiger partial charge in [0, 0.05) is 0 Å². The van der Waals surface area contributed by atoms with Crippen LogP contribution in [-0.2, 0) is 6.18 Å². The summed E-state index contributed by atoms with van der Waals surface area (Å²) in [5.41, 5.74) is -0.748. The number of rotatable bonds is 3. The van der Waals surface area contributed by atoms with Crippen LogP contribution in [0.5, 0.6) is 5.88 Å². The molecule has 0 aliphatic carbocycles. The van der Waals surface area contributed by atoms with E-state index in [0.29, 0.717) is 6.61 Å². The van der Waals surface area contributed by atoms with E-state index in [0.717, 1.165) is 12.1 Å². The Bertz CT molecular complexity index is 583. The number of ether oxygens (including phenoxy) is 1. The standard InChI is InChI=1S/C11H9ClF3N3O/c1-2-19-10-6-16-17-18(10)7-3-4-9(12)8(5-7)11(13,14)15/h3-6H,2H2,1H3. The third-order valence-electron chi connectivity index (χ3n) is 2.31. The molecule has 0 amide bonds. The van der Waals surface area contributed by atoms with Crippen molar-refractivity contribution in [2.75, 3.05) is 6.61 Å². The highest BCUT2D eigenvalue weighted by Gasteiger charge is 2.33. The van der Waals surface area contributed by atoms with Crippen LogP contribution in [0.15, 0.2) is 24.4 Å². The molecule has 0 radical (unpaired) electrons. The molecule has 0 atom stereocenters. The minimum Gasteiger partial charge on any atom is -0.477 e. The monoisotopic (exact) mass is 291 g/mol. The fraction of sp³-hybridized carbons (Fsp3) is 0.273. The second-order valence-corrected chi connectivity index (χ2v) is 3.99. The zero-order valence-corrected chi connectivity index (χ0v) is 10.5. The number of hydrogen-bond donors (Lipinski definition) is 0. The normalized spacial score (nSPS) is 11.6. The fourth-order valence-corrected chi connectivity index (χ4v) is 1.74. The van der Waals surface area contributed by atoms with Crippen molar-refractivity contribution < 1.29 is 17.9 Å². The lowest BCUT2D eigenvalue weighted by Crippen LogP contribution is -2.08. The number of halogens is 4. The third-order valence-corrected chi connectivity index (χ3v) is 2.64. The number of hydrogen-bond acceptors (Lipinski definition) is 3. The van der Waals surface area contributed by atoms with Crippen LogP contribution in [0.1, 0.15) is 12.5 Å². The van der Waals surface area contributed by atoms with Gasteiger partial charge in [-0.3, -0.25) is 0 Å². The summed E-state index contributed by atoms with van der Waals surface area (Å²) in [5.74, 6) is 0.262. The third kappa shape index (κ3) is 2.81. The molecule has 0 aliphatic rings. The van der Waals surface area contributed by atoms with E-state index in [9.17, 15) is 13.2 Å². The van der Waals surface area contributed by atoms with Crippen molar-refractivity contribution in [3.63, 3.8) is 0 Å². The van der Waals surface area contributed by atoms with E-state index in [1.807, 2.05) is 0 Å². The average molecular weight is 292 g/mol. The van der Waals surface area contributed by atoms with Crippen LogP contribution in [0.4, 0.5) is 13.2 Å². The molecular weight excluding hydrogens is 283 g/mol. The molecule has 0 saturated heterocycles. The summed E-state index contributed by atoms with van der Waals surface area (Å²) in [7, 11) is 0. The van der Waals surface area contributed by atoms with Gasteiger partial charge in [0.1, 0.15) is 6.20 Å².